The average Bonchev–Trinajstić information content (AvgIpc) is 3.17. The third kappa shape index (κ3) is 9.18. The van der Waals surface area contributed by atoms with Crippen molar-refractivity contribution in [2.45, 2.75) is 82.4 Å². The van der Waals surface area contributed by atoms with Crippen LogP contribution in [0, 0.1) is 0 Å². The van der Waals surface area contributed by atoms with Crippen molar-refractivity contribution in [3.05, 3.63) is 48.0 Å². The van der Waals surface area contributed by atoms with E-state index in [0.717, 1.165) is 12.2 Å². The van der Waals surface area contributed by atoms with Crippen LogP contribution < -0.4 is 0 Å². The number of nitrogens with one attached hydrogen (secondary N) is 1. The van der Waals surface area contributed by atoms with E-state index in [1.165, 1.54) is 80.4 Å². The summed E-state index contributed by atoms with van der Waals surface area (Å²) in [6.45, 7) is 2.29. The first kappa shape index (κ1) is 21.4. The Balaban J connectivity index is 1.51. The van der Waals surface area contributed by atoms with Crippen LogP contribution in [0.4, 0.5) is 0 Å². The lowest BCUT2D eigenvalue weighted by atomic mass is 10.1. The minimum absolute atomic E-state index is 0.884. The van der Waals surface area contributed by atoms with Gasteiger partial charge in [-0.1, -0.05) is 104 Å². The highest BCUT2D eigenvalue weighted by Gasteiger charge is 2.05. The summed E-state index contributed by atoms with van der Waals surface area (Å²) in [7, 11) is 3.92. The Morgan fingerprint density at radius 1 is 0.885 bits per heavy atom. The van der Waals surface area contributed by atoms with Crippen molar-refractivity contribution in [1.82, 2.24) is 9.97 Å². The molecule has 2 nitrogen and oxygen atoms in total. The zero-order valence-electron chi connectivity index (χ0n) is 16.2. The van der Waals surface area contributed by atoms with Gasteiger partial charge in [0.2, 0.25) is 0 Å². The molecular weight excluding hydrogens is 356 g/mol. The first-order valence-electron chi connectivity index (χ1n) is 10.3. The van der Waals surface area contributed by atoms with E-state index in [-0.39, 0.29) is 0 Å². The quantitative estimate of drug-likeness (QED) is 0.250. The molecule has 0 bridgehead atoms. The number of unbranched alkanes of at least 4 members (excludes halogenated alkanes) is 9. The van der Waals surface area contributed by atoms with Gasteiger partial charge in [0, 0.05) is 29.5 Å². The second kappa shape index (κ2) is 14.2. The number of nitrogens with zero attached hydrogens (tertiary/aromatic N) is 1. The van der Waals surface area contributed by atoms with Gasteiger partial charge in [0.05, 0.1) is 0 Å². The number of aromatic nitrogens is 2. The van der Waals surface area contributed by atoms with E-state index < -0.39 is 0 Å². The summed E-state index contributed by atoms with van der Waals surface area (Å²) >= 11 is 0. The fraction of sp³-hybridized carbons (Fsp3) is 0.591. The third-order valence-electron chi connectivity index (χ3n) is 4.62. The van der Waals surface area contributed by atoms with Gasteiger partial charge in [-0.05, 0) is 18.1 Å². The Hall–Kier alpha value is -0.870. The number of benzene rings is 1. The standard InChI is InChI=1S/C22H34N2S2/c1-2-3-4-5-6-7-8-9-10-13-18-25-26-21-15-12-11-14-20(21)19-22-23-16-17-24-22/h11-12,14-17H,2-10,13,18-19H2,1H3,(H,23,24). The van der Waals surface area contributed by atoms with E-state index in [1.54, 1.807) is 0 Å². The molecular formula is C22H34N2S2. The van der Waals surface area contributed by atoms with E-state index in [1.807, 2.05) is 34.0 Å². The van der Waals surface area contributed by atoms with Crippen LogP contribution in [0.3, 0.4) is 0 Å². The number of hydrogen-bond acceptors (Lipinski definition) is 3. The van der Waals surface area contributed by atoms with Gasteiger partial charge in [0.1, 0.15) is 5.82 Å². The number of rotatable bonds is 15. The highest BCUT2D eigenvalue weighted by Crippen LogP contribution is 2.34. The summed E-state index contributed by atoms with van der Waals surface area (Å²) in [4.78, 5) is 8.92. The second-order valence-electron chi connectivity index (χ2n) is 6.91. The molecule has 0 saturated carbocycles. The Kier molecular flexibility index (Phi) is 11.7. The lowest BCUT2D eigenvalue weighted by Crippen LogP contribution is -1.92. The SMILES string of the molecule is CCCCCCCCCCCCSSc1ccccc1Cc1ncc[nH]1. The number of hydrogen-bond donors (Lipinski definition) is 1. The first-order chi connectivity index (χ1) is 12.9. The van der Waals surface area contributed by atoms with Crippen LogP contribution in [0.15, 0.2) is 41.6 Å². The third-order valence-corrected chi connectivity index (χ3v) is 7.16. The minimum Gasteiger partial charge on any atom is -0.348 e. The number of H-pyrrole nitrogens is 1. The van der Waals surface area contributed by atoms with E-state index in [2.05, 4.69) is 41.2 Å². The molecule has 0 saturated heterocycles. The molecule has 1 N–H and O–H groups in total. The molecule has 144 valence electrons. The van der Waals surface area contributed by atoms with Gasteiger partial charge in [-0.15, -0.1) is 0 Å². The molecule has 0 atom stereocenters. The van der Waals surface area contributed by atoms with Crippen LogP contribution in [0.2, 0.25) is 0 Å². The largest absolute Gasteiger partial charge is 0.348 e. The van der Waals surface area contributed by atoms with Crippen LogP contribution in [0.25, 0.3) is 0 Å². The fourth-order valence-electron chi connectivity index (χ4n) is 3.06. The highest BCUT2D eigenvalue weighted by atomic mass is 33.1. The molecule has 1 aromatic heterocycles. The van der Waals surface area contributed by atoms with Crippen molar-refractivity contribution in [2.24, 2.45) is 0 Å². The topological polar surface area (TPSA) is 28.7 Å². The van der Waals surface area contributed by atoms with E-state index in [4.69, 9.17) is 0 Å². The minimum atomic E-state index is 0.884. The maximum Gasteiger partial charge on any atom is 0.110 e. The fourth-order valence-corrected chi connectivity index (χ4v) is 5.45. The normalized spacial score (nSPS) is 11.1. The zero-order chi connectivity index (χ0) is 18.3. The Labute approximate surface area is 167 Å². The monoisotopic (exact) mass is 390 g/mol. The predicted octanol–water partition coefficient (Wildman–Crippen LogP) is 7.66. The molecule has 26 heavy (non-hydrogen) atoms. The maximum absolute atomic E-state index is 4.35. The van der Waals surface area contributed by atoms with Gasteiger partial charge >= 0.3 is 0 Å². The van der Waals surface area contributed by atoms with Gasteiger partial charge in [-0.2, -0.15) is 0 Å². The molecule has 0 radical (unpaired) electrons. The maximum atomic E-state index is 4.35. The van der Waals surface area contributed by atoms with Crippen LogP contribution in [-0.2, 0) is 6.42 Å². The number of aromatic amines is 1. The lowest BCUT2D eigenvalue weighted by molar-refractivity contribution is 0.563. The van der Waals surface area contributed by atoms with Gasteiger partial charge < -0.3 is 4.98 Å². The van der Waals surface area contributed by atoms with Gasteiger partial charge in [0.25, 0.3) is 0 Å². The zero-order valence-corrected chi connectivity index (χ0v) is 17.8. The Morgan fingerprint density at radius 2 is 1.58 bits per heavy atom. The summed E-state index contributed by atoms with van der Waals surface area (Å²) in [6, 6.07) is 8.70. The molecule has 1 heterocycles. The molecule has 0 aliphatic heterocycles. The lowest BCUT2D eigenvalue weighted by Gasteiger charge is -2.07. The van der Waals surface area contributed by atoms with Crippen LogP contribution >= 0.6 is 21.6 Å². The van der Waals surface area contributed by atoms with Crippen molar-refractivity contribution >= 4 is 21.6 Å². The van der Waals surface area contributed by atoms with Crippen molar-refractivity contribution in [1.29, 1.82) is 0 Å². The summed E-state index contributed by atoms with van der Waals surface area (Å²) in [5, 5.41) is 0. The molecule has 0 unspecified atom stereocenters. The second-order valence-corrected chi connectivity index (χ2v) is 9.37. The van der Waals surface area contributed by atoms with E-state index in [0.29, 0.717) is 0 Å². The molecule has 0 aliphatic carbocycles. The van der Waals surface area contributed by atoms with Crippen molar-refractivity contribution in [3.63, 3.8) is 0 Å². The molecule has 0 spiro atoms. The summed E-state index contributed by atoms with van der Waals surface area (Å²) < 4.78 is 0. The molecule has 2 rings (SSSR count). The van der Waals surface area contributed by atoms with Gasteiger partial charge in [-0.25, -0.2) is 4.98 Å². The van der Waals surface area contributed by atoms with Crippen LogP contribution in [0.5, 0.6) is 0 Å². The molecule has 1 aromatic carbocycles. The van der Waals surface area contributed by atoms with Gasteiger partial charge in [-0.3, -0.25) is 0 Å². The summed E-state index contributed by atoms with van der Waals surface area (Å²) in [5.41, 5.74) is 1.36. The van der Waals surface area contributed by atoms with Crippen molar-refractivity contribution in [3.8, 4) is 0 Å². The molecule has 0 amide bonds. The molecule has 2 aromatic rings. The van der Waals surface area contributed by atoms with Crippen LogP contribution in [0.1, 0.15) is 82.5 Å². The first-order valence-corrected chi connectivity index (χ1v) is 12.6. The van der Waals surface area contributed by atoms with E-state index in [9.17, 15) is 0 Å². The van der Waals surface area contributed by atoms with Crippen LogP contribution in [-0.4, -0.2) is 15.7 Å². The average molecular weight is 391 g/mol. The smallest absolute Gasteiger partial charge is 0.110 e. The van der Waals surface area contributed by atoms with E-state index >= 15 is 0 Å². The Morgan fingerprint density at radius 3 is 2.27 bits per heavy atom. The van der Waals surface area contributed by atoms with Crippen molar-refractivity contribution < 1.29 is 0 Å². The van der Waals surface area contributed by atoms with Gasteiger partial charge in [0.15, 0.2) is 0 Å². The Bertz CT molecular complexity index is 569. The predicted molar refractivity (Wildman–Crippen MR) is 118 cm³/mol. The highest BCUT2D eigenvalue weighted by molar-refractivity contribution is 8.76. The summed E-state index contributed by atoms with van der Waals surface area (Å²) in [5.74, 6) is 2.29. The number of imidazole rings is 1. The molecule has 4 heteroatoms. The molecule has 0 fully saturated rings. The van der Waals surface area contributed by atoms with Crippen molar-refractivity contribution in [2.75, 3.05) is 5.75 Å². The molecule has 0 aliphatic rings. The summed E-state index contributed by atoms with van der Waals surface area (Å²) in [6.07, 6.45) is 18.7.